The first-order valence-electron chi connectivity index (χ1n) is 11.0. The molecule has 0 aliphatic rings. The summed E-state index contributed by atoms with van der Waals surface area (Å²) in [5, 5.41) is 12.7. The van der Waals surface area contributed by atoms with Gasteiger partial charge in [0.15, 0.2) is 5.75 Å². The van der Waals surface area contributed by atoms with E-state index in [2.05, 4.69) is 5.32 Å². The molecule has 0 spiro atoms. The predicted octanol–water partition coefficient (Wildman–Crippen LogP) is 7.04. The van der Waals surface area contributed by atoms with E-state index >= 15 is 0 Å². The number of hydrogen-bond donors (Lipinski definition) is 2. The first-order chi connectivity index (χ1) is 17.2. The van der Waals surface area contributed by atoms with Crippen molar-refractivity contribution in [2.45, 2.75) is 0 Å². The molecule has 2 N–H and O–H groups in total. The normalized spacial score (nSPS) is 10.5. The summed E-state index contributed by atoms with van der Waals surface area (Å²) in [7, 11) is 0. The number of hydrogen-bond acceptors (Lipinski definition) is 5. The minimum absolute atomic E-state index is 0.128. The van der Waals surface area contributed by atoms with Crippen molar-refractivity contribution in [1.82, 2.24) is 9.97 Å². The zero-order valence-corrected chi connectivity index (χ0v) is 18.6. The molecule has 5 rings (SSSR count). The van der Waals surface area contributed by atoms with Crippen molar-refractivity contribution in [3.05, 3.63) is 121 Å². The third-order valence-electron chi connectivity index (χ3n) is 5.33. The first-order valence-corrected chi connectivity index (χ1v) is 11.0. The van der Waals surface area contributed by atoms with Crippen LogP contribution in [-0.2, 0) is 0 Å². The second-order valence-electron chi connectivity index (χ2n) is 7.70. The highest BCUT2D eigenvalue weighted by molar-refractivity contribution is 5.95. The quantitative estimate of drug-likeness (QED) is 0.271. The van der Waals surface area contributed by atoms with Crippen LogP contribution in [0, 0.1) is 0 Å². The Morgan fingerprint density at radius 1 is 0.657 bits per heavy atom. The number of aromatic nitrogens is 2. The summed E-state index contributed by atoms with van der Waals surface area (Å²) in [6.07, 6.45) is 0. The smallest absolute Gasteiger partial charge is 0.337 e. The number of benzene rings is 4. The molecule has 6 heteroatoms. The molecule has 0 radical (unpaired) electrons. The van der Waals surface area contributed by atoms with Crippen LogP contribution >= 0.6 is 0 Å². The fraction of sp³-hybridized carbons (Fsp3) is 0. The van der Waals surface area contributed by atoms with Crippen LogP contribution in [0.15, 0.2) is 115 Å². The molecule has 6 nitrogen and oxygen atoms in total. The molecule has 0 saturated heterocycles. The lowest BCUT2D eigenvalue weighted by atomic mass is 10.1. The maximum Gasteiger partial charge on any atom is 0.337 e. The lowest BCUT2D eigenvalue weighted by Gasteiger charge is -2.17. The summed E-state index contributed by atoms with van der Waals surface area (Å²) in [5.41, 5.74) is 3.37. The number of ether oxygens (including phenoxy) is 1. The monoisotopic (exact) mass is 459 g/mol. The van der Waals surface area contributed by atoms with Gasteiger partial charge in [0.2, 0.25) is 5.95 Å². The number of carboxylic acid groups (broad SMARTS) is 1. The summed E-state index contributed by atoms with van der Waals surface area (Å²) in [5.74, 6) is 0.383. The topological polar surface area (TPSA) is 84.3 Å². The highest BCUT2D eigenvalue weighted by Gasteiger charge is 2.21. The summed E-state index contributed by atoms with van der Waals surface area (Å²) >= 11 is 0. The van der Waals surface area contributed by atoms with Crippen LogP contribution in [-0.4, -0.2) is 21.0 Å². The van der Waals surface area contributed by atoms with Gasteiger partial charge in [0.25, 0.3) is 0 Å². The van der Waals surface area contributed by atoms with E-state index in [1.807, 2.05) is 91.0 Å². The van der Waals surface area contributed by atoms with Gasteiger partial charge in [-0.2, -0.15) is 0 Å². The van der Waals surface area contributed by atoms with Crippen LogP contribution in [0.5, 0.6) is 11.5 Å². The van der Waals surface area contributed by atoms with E-state index in [1.54, 1.807) is 18.2 Å². The number of anilines is 2. The number of nitrogens with one attached hydrogen (secondary N) is 1. The van der Waals surface area contributed by atoms with E-state index < -0.39 is 5.97 Å². The Labute approximate surface area is 202 Å². The van der Waals surface area contributed by atoms with Crippen LogP contribution in [0.3, 0.4) is 0 Å². The third-order valence-corrected chi connectivity index (χ3v) is 5.33. The molecule has 1 heterocycles. The van der Waals surface area contributed by atoms with Gasteiger partial charge in [0.05, 0.1) is 11.3 Å². The van der Waals surface area contributed by atoms with Crippen molar-refractivity contribution >= 4 is 17.6 Å². The Kier molecular flexibility index (Phi) is 6.17. The maximum atomic E-state index is 11.7. The van der Waals surface area contributed by atoms with E-state index in [0.717, 1.165) is 11.1 Å². The molecule has 35 heavy (non-hydrogen) atoms. The zero-order valence-electron chi connectivity index (χ0n) is 18.6. The standard InChI is InChI=1S/C29H21N3O3/c33-28(34)23-18-10-11-19-24(23)30-29-31-25(20-12-4-1-5-13-20)27(35-22-16-8-3-9-17-22)26(32-29)21-14-6-2-7-15-21/h1-19H,(H,33,34)(H,30,31,32). The fourth-order valence-corrected chi connectivity index (χ4v) is 3.69. The average Bonchev–Trinajstić information content (AvgIpc) is 2.91. The van der Waals surface area contributed by atoms with Crippen molar-refractivity contribution in [3.8, 4) is 34.0 Å². The van der Waals surface area contributed by atoms with Gasteiger partial charge in [-0.1, -0.05) is 91.0 Å². The molecule has 0 unspecified atom stereocenters. The summed E-state index contributed by atoms with van der Waals surface area (Å²) in [4.78, 5) is 21.3. The molecule has 0 bridgehead atoms. The lowest BCUT2D eigenvalue weighted by Crippen LogP contribution is -2.07. The Hall–Kier alpha value is -4.97. The van der Waals surface area contributed by atoms with Gasteiger partial charge in [-0.3, -0.25) is 0 Å². The summed E-state index contributed by atoms with van der Waals surface area (Å²) < 4.78 is 6.37. The summed E-state index contributed by atoms with van der Waals surface area (Å²) in [6.45, 7) is 0. The zero-order chi connectivity index (χ0) is 24.0. The minimum atomic E-state index is -1.04. The second kappa shape index (κ2) is 9.89. The van der Waals surface area contributed by atoms with Crippen LogP contribution in [0.2, 0.25) is 0 Å². The van der Waals surface area contributed by atoms with Gasteiger partial charge in [-0.25, -0.2) is 14.8 Å². The van der Waals surface area contributed by atoms with Crippen LogP contribution < -0.4 is 10.1 Å². The molecular formula is C29H21N3O3. The van der Waals surface area contributed by atoms with Crippen LogP contribution in [0.1, 0.15) is 10.4 Å². The first kappa shape index (κ1) is 21.9. The maximum absolute atomic E-state index is 11.7. The number of aromatic carboxylic acids is 1. The highest BCUT2D eigenvalue weighted by atomic mass is 16.5. The number of para-hydroxylation sites is 2. The van der Waals surface area contributed by atoms with Crippen LogP contribution in [0.25, 0.3) is 22.5 Å². The molecule has 0 aliphatic heterocycles. The SMILES string of the molecule is O=C(O)c1ccccc1Nc1nc(-c2ccccc2)c(Oc2ccccc2)c(-c2ccccc2)n1. The van der Waals surface area contributed by atoms with Gasteiger partial charge in [0, 0.05) is 11.1 Å². The van der Waals surface area contributed by atoms with Crippen molar-refractivity contribution < 1.29 is 14.6 Å². The van der Waals surface area contributed by atoms with Crippen LogP contribution in [0.4, 0.5) is 11.6 Å². The molecule has 0 amide bonds. The molecule has 0 atom stereocenters. The summed E-state index contributed by atoms with van der Waals surface area (Å²) in [6, 6.07) is 35.5. The van der Waals surface area contributed by atoms with Crippen molar-refractivity contribution in [3.63, 3.8) is 0 Å². The van der Waals surface area contributed by atoms with E-state index in [-0.39, 0.29) is 11.5 Å². The van der Waals surface area contributed by atoms with E-state index in [1.165, 1.54) is 6.07 Å². The highest BCUT2D eigenvalue weighted by Crippen LogP contribution is 2.40. The number of rotatable bonds is 7. The van der Waals surface area contributed by atoms with E-state index in [4.69, 9.17) is 14.7 Å². The van der Waals surface area contributed by atoms with E-state index in [9.17, 15) is 9.90 Å². The number of carboxylic acids is 1. The Morgan fingerprint density at radius 3 is 1.69 bits per heavy atom. The fourth-order valence-electron chi connectivity index (χ4n) is 3.69. The second-order valence-corrected chi connectivity index (χ2v) is 7.70. The van der Waals surface area contributed by atoms with Gasteiger partial charge < -0.3 is 15.2 Å². The molecular weight excluding hydrogens is 438 g/mol. The molecule has 4 aromatic carbocycles. The Morgan fingerprint density at radius 2 is 1.14 bits per heavy atom. The predicted molar refractivity (Wildman–Crippen MR) is 136 cm³/mol. The molecule has 0 aliphatic carbocycles. The Balaban J connectivity index is 1.72. The molecule has 0 fully saturated rings. The lowest BCUT2D eigenvalue weighted by molar-refractivity contribution is 0.0698. The van der Waals surface area contributed by atoms with Gasteiger partial charge in [-0.05, 0) is 24.3 Å². The third kappa shape index (κ3) is 4.86. The average molecular weight is 460 g/mol. The molecule has 5 aromatic rings. The Bertz CT molecular complexity index is 1400. The minimum Gasteiger partial charge on any atom is -0.478 e. The van der Waals surface area contributed by atoms with Crippen molar-refractivity contribution in [1.29, 1.82) is 0 Å². The van der Waals surface area contributed by atoms with Gasteiger partial charge in [0.1, 0.15) is 17.1 Å². The molecule has 170 valence electrons. The van der Waals surface area contributed by atoms with Crippen molar-refractivity contribution in [2.75, 3.05) is 5.32 Å². The van der Waals surface area contributed by atoms with E-state index in [0.29, 0.717) is 28.6 Å². The molecule has 1 aromatic heterocycles. The molecule has 0 saturated carbocycles. The van der Waals surface area contributed by atoms with Gasteiger partial charge in [-0.15, -0.1) is 0 Å². The van der Waals surface area contributed by atoms with Crippen molar-refractivity contribution in [2.24, 2.45) is 0 Å². The largest absolute Gasteiger partial charge is 0.478 e. The number of carbonyl (C=O) groups is 1. The van der Waals surface area contributed by atoms with Gasteiger partial charge >= 0.3 is 5.97 Å². The number of nitrogens with zero attached hydrogens (tertiary/aromatic N) is 2.